The number of para-hydroxylation sites is 1. The van der Waals surface area contributed by atoms with Gasteiger partial charge in [-0.3, -0.25) is 0 Å². The Bertz CT molecular complexity index is 474. The summed E-state index contributed by atoms with van der Waals surface area (Å²) in [4.78, 5) is 0. The molecule has 3 rings (SSSR count). The normalized spacial score (nSPS) is 20.4. The molecule has 0 radical (unpaired) electrons. The minimum atomic E-state index is 0.126. The second kappa shape index (κ2) is 4.69. The highest BCUT2D eigenvalue weighted by atomic mass is 16.5. The Morgan fingerprint density at radius 3 is 2.94 bits per heavy atom. The molecule has 1 saturated heterocycles. The monoisotopic (exact) mass is 229 g/mol. The molecule has 1 N–H and O–H groups in total. The smallest absolute Gasteiger partial charge is 0.0980 e. The molecule has 0 aliphatic carbocycles. The first-order valence-electron chi connectivity index (χ1n) is 5.86. The minimum Gasteiger partial charge on any atom is -0.371 e. The van der Waals surface area contributed by atoms with E-state index in [9.17, 15) is 0 Å². The molecule has 1 aromatic heterocycles. The molecule has 2 aromatic rings. The van der Waals surface area contributed by atoms with Crippen molar-refractivity contribution in [2.24, 2.45) is 0 Å². The molecule has 0 saturated carbocycles. The Kier molecular flexibility index (Phi) is 2.90. The van der Waals surface area contributed by atoms with Gasteiger partial charge in [0, 0.05) is 24.8 Å². The highest BCUT2D eigenvalue weighted by Gasteiger charge is 2.17. The van der Waals surface area contributed by atoms with E-state index < -0.39 is 0 Å². The number of nitrogens with one attached hydrogen (secondary N) is 1. The predicted molar refractivity (Wildman–Crippen MR) is 65.1 cm³/mol. The van der Waals surface area contributed by atoms with Crippen molar-refractivity contribution in [1.29, 1.82) is 0 Å². The summed E-state index contributed by atoms with van der Waals surface area (Å²) in [7, 11) is 0. The Hall–Kier alpha value is -1.65. The summed E-state index contributed by atoms with van der Waals surface area (Å²) >= 11 is 0. The van der Waals surface area contributed by atoms with Crippen LogP contribution in [-0.2, 0) is 4.74 Å². The molecular weight excluding hydrogens is 214 g/mol. The van der Waals surface area contributed by atoms with Crippen molar-refractivity contribution in [3.8, 4) is 5.69 Å². The van der Waals surface area contributed by atoms with Gasteiger partial charge < -0.3 is 10.1 Å². The summed E-state index contributed by atoms with van der Waals surface area (Å²) in [5.41, 5.74) is 2.20. The number of ether oxygens (including phenoxy) is 1. The van der Waals surface area contributed by atoms with E-state index in [1.54, 1.807) is 0 Å². The first-order valence-corrected chi connectivity index (χ1v) is 5.86. The van der Waals surface area contributed by atoms with Gasteiger partial charge >= 0.3 is 0 Å². The second-order valence-corrected chi connectivity index (χ2v) is 4.12. The van der Waals surface area contributed by atoms with Crippen LogP contribution in [0.1, 0.15) is 11.7 Å². The van der Waals surface area contributed by atoms with E-state index in [1.165, 1.54) is 0 Å². The summed E-state index contributed by atoms with van der Waals surface area (Å²) in [6.07, 6.45) is 4.04. The zero-order valence-electron chi connectivity index (χ0n) is 9.54. The van der Waals surface area contributed by atoms with Crippen molar-refractivity contribution < 1.29 is 4.74 Å². The average molecular weight is 229 g/mol. The van der Waals surface area contributed by atoms with Crippen LogP contribution in [-0.4, -0.2) is 29.5 Å². The molecule has 0 spiro atoms. The Morgan fingerprint density at radius 2 is 2.18 bits per heavy atom. The largest absolute Gasteiger partial charge is 0.371 e. The molecule has 2 heterocycles. The molecule has 1 aromatic carbocycles. The molecule has 0 bridgehead atoms. The third kappa shape index (κ3) is 2.23. The van der Waals surface area contributed by atoms with E-state index in [0.29, 0.717) is 0 Å². The molecule has 1 unspecified atom stereocenters. The van der Waals surface area contributed by atoms with Gasteiger partial charge in [-0.05, 0) is 12.1 Å². The standard InChI is InChI=1S/C13H15N3O/c1-2-4-12(5-3-1)16-10-11(8-15-16)13-9-14-6-7-17-13/h1-5,8,10,13-14H,6-7,9H2. The maximum atomic E-state index is 5.70. The van der Waals surface area contributed by atoms with E-state index in [4.69, 9.17) is 4.74 Å². The van der Waals surface area contributed by atoms with Gasteiger partial charge in [-0.15, -0.1) is 0 Å². The van der Waals surface area contributed by atoms with Gasteiger partial charge in [-0.1, -0.05) is 18.2 Å². The maximum Gasteiger partial charge on any atom is 0.0980 e. The lowest BCUT2D eigenvalue weighted by Crippen LogP contribution is -2.33. The number of morpholine rings is 1. The van der Waals surface area contributed by atoms with Crippen molar-refractivity contribution in [3.05, 3.63) is 48.3 Å². The van der Waals surface area contributed by atoms with E-state index in [0.717, 1.165) is 30.9 Å². The van der Waals surface area contributed by atoms with Gasteiger partial charge in [0.1, 0.15) is 0 Å². The van der Waals surface area contributed by atoms with E-state index in [2.05, 4.69) is 10.4 Å². The lowest BCUT2D eigenvalue weighted by molar-refractivity contribution is 0.0277. The summed E-state index contributed by atoms with van der Waals surface area (Å²) in [6.45, 7) is 2.56. The van der Waals surface area contributed by atoms with Gasteiger partial charge in [-0.2, -0.15) is 5.10 Å². The number of nitrogens with zero attached hydrogens (tertiary/aromatic N) is 2. The van der Waals surface area contributed by atoms with Gasteiger partial charge in [-0.25, -0.2) is 4.68 Å². The number of rotatable bonds is 2. The lowest BCUT2D eigenvalue weighted by atomic mass is 10.2. The van der Waals surface area contributed by atoms with Crippen molar-refractivity contribution >= 4 is 0 Å². The van der Waals surface area contributed by atoms with Gasteiger partial charge in [0.15, 0.2) is 0 Å². The summed E-state index contributed by atoms with van der Waals surface area (Å²) in [6, 6.07) is 10.1. The molecule has 1 atom stereocenters. The number of hydrogen-bond donors (Lipinski definition) is 1. The Morgan fingerprint density at radius 1 is 1.29 bits per heavy atom. The molecule has 1 aliphatic rings. The lowest BCUT2D eigenvalue weighted by Gasteiger charge is -2.22. The van der Waals surface area contributed by atoms with Gasteiger partial charge in [0.2, 0.25) is 0 Å². The zero-order valence-corrected chi connectivity index (χ0v) is 9.54. The molecule has 17 heavy (non-hydrogen) atoms. The van der Waals surface area contributed by atoms with Gasteiger partial charge in [0.05, 0.1) is 24.6 Å². The average Bonchev–Trinajstić information content (AvgIpc) is 2.90. The van der Waals surface area contributed by atoms with Crippen molar-refractivity contribution in [2.75, 3.05) is 19.7 Å². The molecule has 0 amide bonds. The van der Waals surface area contributed by atoms with Gasteiger partial charge in [0.25, 0.3) is 0 Å². The topological polar surface area (TPSA) is 39.1 Å². The van der Waals surface area contributed by atoms with Crippen LogP contribution in [0.5, 0.6) is 0 Å². The fraction of sp³-hybridized carbons (Fsp3) is 0.308. The second-order valence-electron chi connectivity index (χ2n) is 4.12. The zero-order chi connectivity index (χ0) is 11.5. The van der Waals surface area contributed by atoms with Crippen LogP contribution in [0.25, 0.3) is 5.69 Å². The molecule has 88 valence electrons. The molecule has 1 aliphatic heterocycles. The minimum absolute atomic E-state index is 0.126. The van der Waals surface area contributed by atoms with Crippen LogP contribution in [0.3, 0.4) is 0 Å². The van der Waals surface area contributed by atoms with Crippen molar-refractivity contribution in [2.45, 2.75) is 6.10 Å². The van der Waals surface area contributed by atoms with Crippen molar-refractivity contribution in [3.63, 3.8) is 0 Å². The van der Waals surface area contributed by atoms with E-state index in [1.807, 2.05) is 47.4 Å². The van der Waals surface area contributed by atoms with Crippen molar-refractivity contribution in [1.82, 2.24) is 15.1 Å². The Balaban J connectivity index is 1.83. The molecule has 4 heteroatoms. The fourth-order valence-electron chi connectivity index (χ4n) is 2.00. The van der Waals surface area contributed by atoms with Crippen LogP contribution >= 0.6 is 0 Å². The third-order valence-corrected chi connectivity index (χ3v) is 2.92. The first-order chi connectivity index (χ1) is 8.43. The quantitative estimate of drug-likeness (QED) is 0.849. The first kappa shape index (κ1) is 10.5. The highest BCUT2D eigenvalue weighted by molar-refractivity contribution is 5.31. The SMILES string of the molecule is c1ccc(-n2cc(C3CNCCO3)cn2)cc1. The van der Waals surface area contributed by atoms with Crippen LogP contribution in [0.4, 0.5) is 0 Å². The molecule has 1 fully saturated rings. The Labute approximate surface area is 100 Å². The van der Waals surface area contributed by atoms with Crippen LogP contribution in [0.15, 0.2) is 42.7 Å². The molecular formula is C13H15N3O. The summed E-state index contributed by atoms with van der Waals surface area (Å²) < 4.78 is 7.58. The van der Waals surface area contributed by atoms with E-state index in [-0.39, 0.29) is 6.10 Å². The summed E-state index contributed by atoms with van der Waals surface area (Å²) in [5, 5.41) is 7.69. The number of aromatic nitrogens is 2. The fourth-order valence-corrected chi connectivity index (χ4v) is 2.00. The number of benzene rings is 1. The third-order valence-electron chi connectivity index (χ3n) is 2.92. The van der Waals surface area contributed by atoms with Crippen LogP contribution in [0.2, 0.25) is 0 Å². The van der Waals surface area contributed by atoms with Crippen LogP contribution < -0.4 is 5.32 Å². The predicted octanol–water partition coefficient (Wildman–Crippen LogP) is 1.53. The summed E-state index contributed by atoms with van der Waals surface area (Å²) in [5.74, 6) is 0. The highest BCUT2D eigenvalue weighted by Crippen LogP contribution is 2.19. The molecule has 4 nitrogen and oxygen atoms in total. The number of hydrogen-bond acceptors (Lipinski definition) is 3. The van der Waals surface area contributed by atoms with Crippen LogP contribution in [0, 0.1) is 0 Å². The maximum absolute atomic E-state index is 5.70. The van der Waals surface area contributed by atoms with E-state index >= 15 is 0 Å².